The first kappa shape index (κ1) is 13.6. The van der Waals surface area contributed by atoms with Crippen LogP contribution < -0.4 is 5.73 Å². The van der Waals surface area contributed by atoms with E-state index in [1.54, 1.807) is 11.3 Å². The Bertz CT molecular complexity index is 361. The lowest BCUT2D eigenvalue weighted by molar-refractivity contribution is 0.437. The molecule has 0 aromatic carbocycles. The predicted molar refractivity (Wildman–Crippen MR) is 75.0 cm³/mol. The van der Waals surface area contributed by atoms with Crippen molar-refractivity contribution in [3.05, 3.63) is 21.9 Å². The SMILES string of the molecule is CN(C)CCSCc1cc(C#CCN)cs1. The summed E-state index contributed by atoms with van der Waals surface area (Å²) in [6, 6.07) is 2.16. The molecule has 1 aromatic heterocycles. The number of thiophene rings is 1. The molecule has 0 amide bonds. The van der Waals surface area contributed by atoms with Gasteiger partial charge in [-0.2, -0.15) is 11.8 Å². The lowest BCUT2D eigenvalue weighted by Gasteiger charge is -2.07. The van der Waals surface area contributed by atoms with Crippen LogP contribution in [-0.2, 0) is 5.75 Å². The standard InChI is InChI=1S/C12H18N2S2/c1-14(2)6-7-15-10-12-8-11(9-16-12)4-3-5-13/h8-9H,5-7,10,13H2,1-2H3. The number of nitrogens with two attached hydrogens (primary N) is 1. The number of hydrogen-bond acceptors (Lipinski definition) is 4. The third-order valence-corrected chi connectivity index (χ3v) is 4.02. The lowest BCUT2D eigenvalue weighted by atomic mass is 10.3. The Kier molecular flexibility index (Phi) is 6.58. The van der Waals surface area contributed by atoms with Crippen molar-refractivity contribution in [2.45, 2.75) is 5.75 Å². The topological polar surface area (TPSA) is 29.3 Å². The first-order valence-electron chi connectivity index (χ1n) is 5.21. The minimum Gasteiger partial charge on any atom is -0.320 e. The third kappa shape index (κ3) is 5.57. The molecule has 4 heteroatoms. The molecule has 0 radical (unpaired) electrons. The summed E-state index contributed by atoms with van der Waals surface area (Å²) in [6.45, 7) is 1.57. The van der Waals surface area contributed by atoms with Crippen LogP contribution in [0.3, 0.4) is 0 Å². The number of nitrogens with zero attached hydrogens (tertiary/aromatic N) is 1. The van der Waals surface area contributed by atoms with Gasteiger partial charge in [-0.05, 0) is 20.2 Å². The zero-order valence-corrected chi connectivity index (χ0v) is 11.5. The molecule has 1 aromatic rings. The predicted octanol–water partition coefficient (Wildman–Crippen LogP) is 1.85. The van der Waals surface area contributed by atoms with Gasteiger partial charge in [0, 0.05) is 33.9 Å². The second-order valence-electron chi connectivity index (χ2n) is 3.66. The second-order valence-corrected chi connectivity index (χ2v) is 5.76. The average Bonchev–Trinajstić information content (AvgIpc) is 2.69. The fourth-order valence-corrected chi connectivity index (χ4v) is 3.14. The van der Waals surface area contributed by atoms with Crippen molar-refractivity contribution >= 4 is 23.1 Å². The van der Waals surface area contributed by atoms with E-state index in [4.69, 9.17) is 5.73 Å². The van der Waals surface area contributed by atoms with Crippen molar-refractivity contribution in [2.75, 3.05) is 32.9 Å². The maximum Gasteiger partial charge on any atom is 0.0555 e. The largest absolute Gasteiger partial charge is 0.320 e. The fourth-order valence-electron chi connectivity index (χ4n) is 1.09. The highest BCUT2D eigenvalue weighted by atomic mass is 32.2. The summed E-state index contributed by atoms with van der Waals surface area (Å²) in [5.74, 6) is 8.18. The van der Waals surface area contributed by atoms with Gasteiger partial charge in [0.05, 0.1) is 6.54 Å². The summed E-state index contributed by atoms with van der Waals surface area (Å²) in [5, 5.41) is 2.10. The maximum absolute atomic E-state index is 5.33. The van der Waals surface area contributed by atoms with E-state index in [1.807, 2.05) is 11.8 Å². The zero-order chi connectivity index (χ0) is 11.8. The lowest BCUT2D eigenvalue weighted by Crippen LogP contribution is -2.14. The smallest absolute Gasteiger partial charge is 0.0555 e. The van der Waals surface area contributed by atoms with Crippen LogP contribution in [0.5, 0.6) is 0 Å². The van der Waals surface area contributed by atoms with E-state index in [0.717, 1.165) is 17.9 Å². The van der Waals surface area contributed by atoms with Crippen LogP contribution in [0.2, 0.25) is 0 Å². The highest BCUT2D eigenvalue weighted by Crippen LogP contribution is 2.19. The summed E-state index contributed by atoms with van der Waals surface area (Å²) < 4.78 is 0. The van der Waals surface area contributed by atoms with Gasteiger partial charge in [-0.3, -0.25) is 0 Å². The van der Waals surface area contributed by atoms with Crippen LogP contribution in [-0.4, -0.2) is 37.8 Å². The van der Waals surface area contributed by atoms with Gasteiger partial charge in [-0.1, -0.05) is 11.8 Å². The molecular formula is C12H18N2S2. The Morgan fingerprint density at radius 2 is 2.31 bits per heavy atom. The molecule has 16 heavy (non-hydrogen) atoms. The van der Waals surface area contributed by atoms with Crippen LogP contribution in [0.25, 0.3) is 0 Å². The summed E-state index contributed by atoms with van der Waals surface area (Å²) >= 11 is 3.75. The molecule has 0 spiro atoms. The third-order valence-electron chi connectivity index (χ3n) is 1.92. The average molecular weight is 254 g/mol. The number of thioether (sulfide) groups is 1. The zero-order valence-electron chi connectivity index (χ0n) is 9.82. The molecular weight excluding hydrogens is 236 g/mol. The molecule has 0 saturated carbocycles. The number of rotatable bonds is 5. The van der Waals surface area contributed by atoms with Gasteiger partial charge in [0.2, 0.25) is 0 Å². The molecule has 0 saturated heterocycles. The Balaban J connectivity index is 2.29. The monoisotopic (exact) mass is 254 g/mol. The van der Waals surface area contributed by atoms with E-state index in [-0.39, 0.29) is 0 Å². The molecule has 1 heterocycles. The first-order valence-corrected chi connectivity index (χ1v) is 7.24. The fraction of sp³-hybridized carbons (Fsp3) is 0.500. The Labute approximate surface area is 106 Å². The quantitative estimate of drug-likeness (QED) is 0.642. The van der Waals surface area contributed by atoms with Crippen molar-refractivity contribution in [1.29, 1.82) is 0 Å². The van der Waals surface area contributed by atoms with E-state index in [1.165, 1.54) is 10.6 Å². The summed E-state index contributed by atoms with van der Waals surface area (Å²) in [6.07, 6.45) is 0. The maximum atomic E-state index is 5.33. The minimum atomic E-state index is 0.433. The molecule has 0 unspecified atom stereocenters. The van der Waals surface area contributed by atoms with Gasteiger partial charge in [0.15, 0.2) is 0 Å². The Morgan fingerprint density at radius 3 is 3.00 bits per heavy atom. The van der Waals surface area contributed by atoms with E-state index in [2.05, 4.69) is 42.3 Å². The van der Waals surface area contributed by atoms with Crippen LogP contribution in [0.4, 0.5) is 0 Å². The van der Waals surface area contributed by atoms with Crippen molar-refractivity contribution < 1.29 is 0 Å². The van der Waals surface area contributed by atoms with Crippen LogP contribution in [0.1, 0.15) is 10.4 Å². The van der Waals surface area contributed by atoms with E-state index in [9.17, 15) is 0 Å². The summed E-state index contributed by atoms with van der Waals surface area (Å²) in [4.78, 5) is 3.60. The van der Waals surface area contributed by atoms with Gasteiger partial charge >= 0.3 is 0 Å². The molecule has 0 atom stereocenters. The molecule has 2 nitrogen and oxygen atoms in total. The van der Waals surface area contributed by atoms with E-state index in [0.29, 0.717) is 6.54 Å². The first-order chi connectivity index (χ1) is 7.72. The number of hydrogen-bond donors (Lipinski definition) is 1. The van der Waals surface area contributed by atoms with Crippen molar-refractivity contribution in [3.8, 4) is 11.8 Å². The Hall–Kier alpha value is -0.470. The minimum absolute atomic E-state index is 0.433. The van der Waals surface area contributed by atoms with Crippen molar-refractivity contribution in [3.63, 3.8) is 0 Å². The van der Waals surface area contributed by atoms with Gasteiger partial charge in [0.1, 0.15) is 0 Å². The molecule has 0 aliphatic rings. The second kappa shape index (κ2) is 7.75. The van der Waals surface area contributed by atoms with Crippen LogP contribution in [0, 0.1) is 11.8 Å². The Morgan fingerprint density at radius 1 is 1.50 bits per heavy atom. The summed E-state index contributed by atoms with van der Waals surface area (Å²) in [7, 11) is 4.21. The molecule has 2 N–H and O–H groups in total. The molecule has 0 fully saturated rings. The van der Waals surface area contributed by atoms with E-state index < -0.39 is 0 Å². The highest BCUT2D eigenvalue weighted by molar-refractivity contribution is 7.98. The van der Waals surface area contributed by atoms with Gasteiger partial charge < -0.3 is 10.6 Å². The van der Waals surface area contributed by atoms with Gasteiger partial charge in [-0.25, -0.2) is 0 Å². The van der Waals surface area contributed by atoms with Crippen LogP contribution in [0.15, 0.2) is 11.4 Å². The molecule has 88 valence electrons. The molecule has 0 aliphatic carbocycles. The molecule has 0 aliphatic heterocycles. The highest BCUT2D eigenvalue weighted by Gasteiger charge is 1.98. The van der Waals surface area contributed by atoms with Crippen LogP contribution >= 0.6 is 23.1 Å². The van der Waals surface area contributed by atoms with Crippen molar-refractivity contribution in [2.24, 2.45) is 5.73 Å². The normalized spacial score (nSPS) is 10.2. The van der Waals surface area contributed by atoms with Gasteiger partial charge in [-0.15, -0.1) is 11.3 Å². The molecule has 1 rings (SSSR count). The molecule has 0 bridgehead atoms. The summed E-state index contributed by atoms with van der Waals surface area (Å²) in [5.41, 5.74) is 6.43. The van der Waals surface area contributed by atoms with Crippen molar-refractivity contribution in [1.82, 2.24) is 4.90 Å². The van der Waals surface area contributed by atoms with E-state index >= 15 is 0 Å². The van der Waals surface area contributed by atoms with Gasteiger partial charge in [0.25, 0.3) is 0 Å².